The van der Waals surface area contributed by atoms with Crippen molar-refractivity contribution in [1.82, 2.24) is 9.55 Å². The van der Waals surface area contributed by atoms with Crippen molar-refractivity contribution in [3.8, 4) is 28.2 Å². The molecule has 0 amide bonds. The maximum Gasteiger partial charge on any atom is 0.353 e. The first kappa shape index (κ1) is 16.3. The van der Waals surface area contributed by atoms with Gasteiger partial charge in [0.25, 0.3) is 0 Å². The van der Waals surface area contributed by atoms with E-state index in [2.05, 4.69) is 4.98 Å². The summed E-state index contributed by atoms with van der Waals surface area (Å²) in [6, 6.07) is 28.6. The monoisotopic (exact) mass is 358 g/mol. The van der Waals surface area contributed by atoms with E-state index in [-0.39, 0.29) is 5.69 Å². The molecule has 0 radical (unpaired) electrons. The normalized spacial score (nSPS) is 10.7. The molecule has 0 bridgehead atoms. The second-order valence-corrected chi connectivity index (χ2v) is 6.19. The second kappa shape index (κ2) is 6.98. The van der Waals surface area contributed by atoms with Gasteiger partial charge in [0.15, 0.2) is 0 Å². The Hall–Kier alpha value is -3.17. The molecular weight excluding hydrogens is 344 g/mol. The fourth-order valence-electron chi connectivity index (χ4n) is 2.96. The Labute approximate surface area is 156 Å². The standard InChI is InChI=1S/C22H15ClN2O/c23-19-20(16-10-4-1-5-11-16)24-22(26)25(18-14-8-3-9-15-18)21(19)17-12-6-2-7-13-17/h1-15H. The van der Waals surface area contributed by atoms with Gasteiger partial charge in [0.05, 0.1) is 22.1 Å². The fraction of sp³-hybridized carbons (Fsp3) is 0. The van der Waals surface area contributed by atoms with Crippen LogP contribution in [0.3, 0.4) is 0 Å². The Morgan fingerprint density at radius 3 is 1.77 bits per heavy atom. The number of para-hydroxylation sites is 1. The van der Waals surface area contributed by atoms with Gasteiger partial charge < -0.3 is 0 Å². The quantitative estimate of drug-likeness (QED) is 0.503. The van der Waals surface area contributed by atoms with Gasteiger partial charge in [-0.2, -0.15) is 4.98 Å². The minimum Gasteiger partial charge on any atom is -0.259 e. The smallest absolute Gasteiger partial charge is 0.259 e. The van der Waals surface area contributed by atoms with Crippen LogP contribution in [0.2, 0.25) is 5.02 Å². The van der Waals surface area contributed by atoms with Crippen LogP contribution in [0.25, 0.3) is 28.2 Å². The minimum atomic E-state index is -0.363. The molecule has 0 aliphatic rings. The molecule has 126 valence electrons. The summed E-state index contributed by atoms with van der Waals surface area (Å²) in [5.74, 6) is 0. The number of nitrogens with zero attached hydrogens (tertiary/aromatic N) is 2. The van der Waals surface area contributed by atoms with E-state index in [4.69, 9.17) is 11.6 Å². The summed E-state index contributed by atoms with van der Waals surface area (Å²) >= 11 is 6.78. The molecule has 0 unspecified atom stereocenters. The van der Waals surface area contributed by atoms with Crippen LogP contribution in [0.5, 0.6) is 0 Å². The highest BCUT2D eigenvalue weighted by Gasteiger charge is 2.19. The van der Waals surface area contributed by atoms with E-state index >= 15 is 0 Å². The van der Waals surface area contributed by atoms with Crippen LogP contribution in [0, 0.1) is 0 Å². The Bertz CT molecular complexity index is 1090. The number of hydrogen-bond acceptors (Lipinski definition) is 2. The van der Waals surface area contributed by atoms with Crippen LogP contribution in [-0.2, 0) is 0 Å². The number of benzene rings is 3. The van der Waals surface area contributed by atoms with Crippen molar-refractivity contribution >= 4 is 11.6 Å². The first-order valence-electron chi connectivity index (χ1n) is 8.24. The minimum absolute atomic E-state index is 0.363. The number of rotatable bonds is 3. The van der Waals surface area contributed by atoms with Gasteiger partial charge >= 0.3 is 5.69 Å². The molecule has 4 rings (SSSR count). The molecule has 26 heavy (non-hydrogen) atoms. The third-order valence-electron chi connectivity index (χ3n) is 4.15. The summed E-state index contributed by atoms with van der Waals surface area (Å²) in [5, 5.41) is 0.450. The van der Waals surface area contributed by atoms with Crippen molar-refractivity contribution in [2.75, 3.05) is 0 Å². The molecule has 3 nitrogen and oxygen atoms in total. The van der Waals surface area contributed by atoms with Gasteiger partial charge in [-0.1, -0.05) is 90.5 Å². The highest BCUT2D eigenvalue weighted by Crippen LogP contribution is 2.34. The second-order valence-electron chi connectivity index (χ2n) is 5.81. The topological polar surface area (TPSA) is 34.9 Å². The predicted molar refractivity (Wildman–Crippen MR) is 106 cm³/mol. The summed E-state index contributed by atoms with van der Waals surface area (Å²) < 4.78 is 1.56. The van der Waals surface area contributed by atoms with Gasteiger partial charge in [-0.05, 0) is 12.1 Å². The Morgan fingerprint density at radius 2 is 1.19 bits per heavy atom. The fourth-order valence-corrected chi connectivity index (χ4v) is 3.30. The van der Waals surface area contributed by atoms with E-state index in [0.717, 1.165) is 16.8 Å². The summed E-state index contributed by atoms with van der Waals surface area (Å²) in [7, 11) is 0. The summed E-state index contributed by atoms with van der Waals surface area (Å²) in [5.41, 5.74) is 3.16. The molecule has 0 aliphatic carbocycles. The Morgan fingerprint density at radius 1 is 0.692 bits per heavy atom. The van der Waals surface area contributed by atoms with Gasteiger partial charge in [0.2, 0.25) is 0 Å². The van der Waals surface area contributed by atoms with Crippen molar-refractivity contribution in [2.45, 2.75) is 0 Å². The zero-order valence-corrected chi connectivity index (χ0v) is 14.6. The maximum absolute atomic E-state index is 13.0. The zero-order chi connectivity index (χ0) is 17.9. The zero-order valence-electron chi connectivity index (χ0n) is 13.8. The third-order valence-corrected chi connectivity index (χ3v) is 4.51. The molecule has 0 atom stereocenters. The van der Waals surface area contributed by atoms with Crippen molar-refractivity contribution in [3.63, 3.8) is 0 Å². The molecule has 0 saturated heterocycles. The number of halogens is 1. The van der Waals surface area contributed by atoms with Gasteiger partial charge in [-0.3, -0.25) is 4.57 Å². The lowest BCUT2D eigenvalue weighted by Crippen LogP contribution is -2.24. The van der Waals surface area contributed by atoms with E-state index in [1.165, 1.54) is 0 Å². The molecule has 0 N–H and O–H groups in total. The van der Waals surface area contributed by atoms with E-state index in [1.54, 1.807) is 4.57 Å². The van der Waals surface area contributed by atoms with Gasteiger partial charge in [0.1, 0.15) is 0 Å². The van der Waals surface area contributed by atoms with Crippen LogP contribution in [0.15, 0.2) is 95.8 Å². The molecule has 1 aromatic heterocycles. The van der Waals surface area contributed by atoms with Crippen molar-refractivity contribution in [1.29, 1.82) is 0 Å². The first-order chi connectivity index (χ1) is 12.8. The van der Waals surface area contributed by atoms with Crippen LogP contribution in [0.4, 0.5) is 0 Å². The van der Waals surface area contributed by atoms with Gasteiger partial charge in [-0.15, -0.1) is 0 Å². The van der Waals surface area contributed by atoms with Crippen LogP contribution in [-0.4, -0.2) is 9.55 Å². The van der Waals surface area contributed by atoms with E-state index < -0.39 is 0 Å². The van der Waals surface area contributed by atoms with Gasteiger partial charge in [0, 0.05) is 11.1 Å². The summed E-state index contributed by atoms with van der Waals surface area (Å²) in [6.07, 6.45) is 0. The maximum atomic E-state index is 13.0. The van der Waals surface area contributed by atoms with E-state index in [0.29, 0.717) is 16.4 Å². The van der Waals surface area contributed by atoms with E-state index in [9.17, 15) is 4.79 Å². The van der Waals surface area contributed by atoms with Crippen LogP contribution >= 0.6 is 11.6 Å². The molecule has 0 spiro atoms. The Kier molecular flexibility index (Phi) is 4.38. The van der Waals surface area contributed by atoms with Gasteiger partial charge in [-0.25, -0.2) is 4.79 Å². The molecule has 4 heteroatoms. The molecular formula is C22H15ClN2O. The SMILES string of the molecule is O=c1nc(-c2ccccc2)c(Cl)c(-c2ccccc2)n1-c1ccccc1. The number of hydrogen-bond donors (Lipinski definition) is 0. The lowest BCUT2D eigenvalue weighted by Gasteiger charge is -2.16. The molecule has 0 saturated carbocycles. The van der Waals surface area contributed by atoms with Crippen LogP contribution < -0.4 is 5.69 Å². The van der Waals surface area contributed by atoms with Crippen molar-refractivity contribution in [2.24, 2.45) is 0 Å². The van der Waals surface area contributed by atoms with Crippen LogP contribution in [0.1, 0.15) is 0 Å². The van der Waals surface area contributed by atoms with E-state index in [1.807, 2.05) is 91.0 Å². The highest BCUT2D eigenvalue weighted by atomic mass is 35.5. The van der Waals surface area contributed by atoms with Crippen molar-refractivity contribution in [3.05, 3.63) is 107 Å². The third kappa shape index (κ3) is 2.93. The molecule has 4 aromatic rings. The largest absolute Gasteiger partial charge is 0.353 e. The lowest BCUT2D eigenvalue weighted by molar-refractivity contribution is 0.927. The molecule has 3 aromatic carbocycles. The summed E-state index contributed by atoms with van der Waals surface area (Å²) in [4.78, 5) is 17.2. The number of aromatic nitrogens is 2. The average molecular weight is 359 g/mol. The lowest BCUT2D eigenvalue weighted by atomic mass is 10.1. The Balaban J connectivity index is 2.08. The first-order valence-corrected chi connectivity index (χ1v) is 8.62. The molecule has 1 heterocycles. The predicted octanol–water partition coefficient (Wildman–Crippen LogP) is 5.22. The highest BCUT2D eigenvalue weighted by molar-refractivity contribution is 6.35. The molecule has 0 aliphatic heterocycles. The average Bonchev–Trinajstić information content (AvgIpc) is 2.71. The summed E-state index contributed by atoms with van der Waals surface area (Å²) in [6.45, 7) is 0. The van der Waals surface area contributed by atoms with Crippen molar-refractivity contribution < 1.29 is 0 Å². The molecule has 0 fully saturated rings.